The minimum Gasteiger partial charge on any atom is -0.496 e. The third-order valence-corrected chi connectivity index (χ3v) is 4.86. The molecule has 1 atom stereocenters. The van der Waals surface area contributed by atoms with Crippen LogP contribution in [-0.4, -0.2) is 39.4 Å². The lowest BCUT2D eigenvalue weighted by Crippen LogP contribution is -2.35. The summed E-state index contributed by atoms with van der Waals surface area (Å²) in [6.45, 7) is 4.96. The number of hydrogen-bond acceptors (Lipinski definition) is 4. The van der Waals surface area contributed by atoms with E-state index in [0.717, 1.165) is 37.3 Å². The second kappa shape index (κ2) is 7.39. The van der Waals surface area contributed by atoms with Crippen molar-refractivity contribution in [3.05, 3.63) is 45.9 Å². The number of aryl methyl sites for hydroxylation is 1. The van der Waals surface area contributed by atoms with Gasteiger partial charge in [0, 0.05) is 38.2 Å². The maximum atomic E-state index is 13.6. The zero-order valence-corrected chi connectivity index (χ0v) is 15.0. The van der Waals surface area contributed by atoms with E-state index in [1.807, 2.05) is 6.92 Å². The molecule has 1 aliphatic rings. The first-order valence-corrected chi connectivity index (χ1v) is 8.72. The van der Waals surface area contributed by atoms with E-state index in [0.29, 0.717) is 18.8 Å². The normalized spacial score (nSPS) is 18.5. The Morgan fingerprint density at radius 3 is 2.92 bits per heavy atom. The van der Waals surface area contributed by atoms with E-state index in [2.05, 4.69) is 10.00 Å². The van der Waals surface area contributed by atoms with Crippen molar-refractivity contribution in [3.8, 4) is 5.75 Å². The molecule has 0 aliphatic carbocycles. The molecule has 25 heavy (non-hydrogen) atoms. The van der Waals surface area contributed by atoms with Crippen molar-refractivity contribution in [1.82, 2.24) is 19.2 Å². The lowest BCUT2D eigenvalue weighted by atomic mass is 9.96. The standard InChI is InChI=1S/C18H25FN4O2/c1-4-23-17(20-21(2)18(23)24)13-6-5-9-22(11-13)12-14-10-15(19)7-8-16(14)25-3/h7-8,10,13H,4-6,9,11-12H2,1-3H3/t13-/m1/s1. The van der Waals surface area contributed by atoms with Gasteiger partial charge in [-0.15, -0.1) is 0 Å². The molecule has 0 saturated carbocycles. The van der Waals surface area contributed by atoms with E-state index in [1.165, 1.54) is 16.8 Å². The van der Waals surface area contributed by atoms with Crippen molar-refractivity contribution in [2.24, 2.45) is 7.05 Å². The molecule has 0 radical (unpaired) electrons. The molecule has 2 aromatic rings. The third kappa shape index (κ3) is 3.61. The van der Waals surface area contributed by atoms with Gasteiger partial charge in [0.15, 0.2) is 0 Å². The lowest BCUT2D eigenvalue weighted by molar-refractivity contribution is 0.192. The molecule has 1 fully saturated rings. The molecule has 0 spiro atoms. The second-order valence-electron chi connectivity index (χ2n) is 6.54. The Kier molecular flexibility index (Phi) is 5.22. The molecule has 1 aliphatic heterocycles. The summed E-state index contributed by atoms with van der Waals surface area (Å²) in [5, 5.41) is 4.45. The van der Waals surface area contributed by atoms with Crippen LogP contribution in [0.5, 0.6) is 5.75 Å². The van der Waals surface area contributed by atoms with Gasteiger partial charge in [-0.3, -0.25) is 9.47 Å². The summed E-state index contributed by atoms with van der Waals surface area (Å²) in [4.78, 5) is 14.4. The van der Waals surface area contributed by atoms with Crippen LogP contribution in [0.4, 0.5) is 4.39 Å². The Bertz CT molecular complexity index is 799. The Hall–Kier alpha value is -2.15. The number of nitrogens with zero attached hydrogens (tertiary/aromatic N) is 4. The second-order valence-corrected chi connectivity index (χ2v) is 6.54. The van der Waals surface area contributed by atoms with Crippen LogP contribution in [0.15, 0.2) is 23.0 Å². The number of ether oxygens (including phenoxy) is 1. The van der Waals surface area contributed by atoms with Gasteiger partial charge in [0.25, 0.3) is 0 Å². The van der Waals surface area contributed by atoms with E-state index < -0.39 is 0 Å². The first-order chi connectivity index (χ1) is 12.0. The van der Waals surface area contributed by atoms with Crippen LogP contribution in [0.25, 0.3) is 0 Å². The highest BCUT2D eigenvalue weighted by molar-refractivity contribution is 5.34. The van der Waals surface area contributed by atoms with E-state index in [-0.39, 0.29) is 17.4 Å². The van der Waals surface area contributed by atoms with Crippen LogP contribution in [-0.2, 0) is 20.1 Å². The fourth-order valence-electron chi connectivity index (χ4n) is 3.64. The van der Waals surface area contributed by atoms with Crippen molar-refractivity contribution in [2.45, 2.75) is 38.8 Å². The van der Waals surface area contributed by atoms with Crippen LogP contribution < -0.4 is 10.4 Å². The maximum Gasteiger partial charge on any atom is 0.345 e. The summed E-state index contributed by atoms with van der Waals surface area (Å²) in [6.07, 6.45) is 2.03. The molecule has 6 nitrogen and oxygen atoms in total. The maximum absolute atomic E-state index is 13.6. The summed E-state index contributed by atoms with van der Waals surface area (Å²) >= 11 is 0. The molecule has 7 heteroatoms. The molecular formula is C18H25FN4O2. The smallest absolute Gasteiger partial charge is 0.345 e. The van der Waals surface area contributed by atoms with E-state index in [4.69, 9.17) is 4.74 Å². The molecule has 2 heterocycles. The van der Waals surface area contributed by atoms with E-state index >= 15 is 0 Å². The van der Waals surface area contributed by atoms with Gasteiger partial charge in [-0.25, -0.2) is 13.9 Å². The molecule has 1 saturated heterocycles. The number of likely N-dealkylation sites (tertiary alicyclic amines) is 1. The Balaban J connectivity index is 1.79. The predicted molar refractivity (Wildman–Crippen MR) is 93.3 cm³/mol. The molecule has 0 bridgehead atoms. The molecule has 0 N–H and O–H groups in total. The van der Waals surface area contributed by atoms with Crippen LogP contribution in [0.2, 0.25) is 0 Å². The molecule has 1 aromatic carbocycles. The van der Waals surface area contributed by atoms with Gasteiger partial charge >= 0.3 is 5.69 Å². The van der Waals surface area contributed by atoms with Crippen LogP contribution in [0.3, 0.4) is 0 Å². The zero-order chi connectivity index (χ0) is 18.0. The number of aromatic nitrogens is 3. The largest absolute Gasteiger partial charge is 0.496 e. The van der Waals surface area contributed by atoms with Gasteiger partial charge in [0.05, 0.1) is 7.11 Å². The fourth-order valence-corrected chi connectivity index (χ4v) is 3.64. The Morgan fingerprint density at radius 2 is 2.20 bits per heavy atom. The molecule has 0 amide bonds. The monoisotopic (exact) mass is 348 g/mol. The van der Waals surface area contributed by atoms with Gasteiger partial charge in [-0.1, -0.05) is 0 Å². The average molecular weight is 348 g/mol. The number of methoxy groups -OCH3 is 1. The highest BCUT2D eigenvalue weighted by Gasteiger charge is 2.27. The number of hydrogen-bond donors (Lipinski definition) is 0. The Labute approximate surface area is 146 Å². The van der Waals surface area contributed by atoms with Crippen LogP contribution >= 0.6 is 0 Å². The topological polar surface area (TPSA) is 52.3 Å². The first kappa shape index (κ1) is 17.7. The zero-order valence-electron chi connectivity index (χ0n) is 15.0. The van der Waals surface area contributed by atoms with Crippen molar-refractivity contribution in [3.63, 3.8) is 0 Å². The van der Waals surface area contributed by atoms with E-state index in [9.17, 15) is 9.18 Å². The molecule has 1 aromatic heterocycles. The SMILES string of the molecule is CCn1c([C@@H]2CCCN(Cc3cc(F)ccc3OC)C2)nn(C)c1=O. The molecule has 0 unspecified atom stereocenters. The van der Waals surface area contributed by atoms with Crippen molar-refractivity contribution >= 4 is 0 Å². The Morgan fingerprint density at radius 1 is 1.40 bits per heavy atom. The number of benzene rings is 1. The lowest BCUT2D eigenvalue weighted by Gasteiger charge is -2.32. The summed E-state index contributed by atoms with van der Waals surface area (Å²) in [5.74, 6) is 1.51. The van der Waals surface area contributed by atoms with Gasteiger partial charge in [0.2, 0.25) is 0 Å². The summed E-state index contributed by atoms with van der Waals surface area (Å²) in [6, 6.07) is 4.61. The molecular weight excluding hydrogens is 323 g/mol. The van der Waals surface area contributed by atoms with Gasteiger partial charge in [0.1, 0.15) is 17.4 Å². The minimum atomic E-state index is -0.256. The quantitative estimate of drug-likeness (QED) is 0.831. The van der Waals surface area contributed by atoms with Gasteiger partial charge in [-0.2, -0.15) is 5.10 Å². The highest BCUT2D eigenvalue weighted by Crippen LogP contribution is 2.28. The number of piperidine rings is 1. The highest BCUT2D eigenvalue weighted by atomic mass is 19.1. The van der Waals surface area contributed by atoms with Crippen molar-refractivity contribution in [1.29, 1.82) is 0 Å². The fraction of sp³-hybridized carbons (Fsp3) is 0.556. The molecule has 3 rings (SSSR count). The third-order valence-electron chi connectivity index (χ3n) is 4.86. The molecule has 136 valence electrons. The van der Waals surface area contributed by atoms with E-state index in [1.54, 1.807) is 24.8 Å². The van der Waals surface area contributed by atoms with Crippen LogP contribution in [0, 0.1) is 5.82 Å². The first-order valence-electron chi connectivity index (χ1n) is 8.72. The number of rotatable bonds is 5. The summed E-state index contributed by atoms with van der Waals surface area (Å²) in [7, 11) is 3.29. The van der Waals surface area contributed by atoms with Crippen molar-refractivity contribution in [2.75, 3.05) is 20.2 Å². The van der Waals surface area contributed by atoms with Gasteiger partial charge < -0.3 is 4.74 Å². The minimum absolute atomic E-state index is 0.0681. The predicted octanol–water partition coefficient (Wildman–Crippen LogP) is 2.13. The van der Waals surface area contributed by atoms with Crippen molar-refractivity contribution < 1.29 is 9.13 Å². The number of halogens is 1. The van der Waals surface area contributed by atoms with Crippen LogP contribution in [0.1, 0.15) is 37.1 Å². The summed E-state index contributed by atoms with van der Waals surface area (Å²) in [5.41, 5.74) is 0.776. The summed E-state index contributed by atoms with van der Waals surface area (Å²) < 4.78 is 22.1. The average Bonchev–Trinajstić information content (AvgIpc) is 2.90. The van der Waals surface area contributed by atoms with Gasteiger partial charge in [-0.05, 0) is 44.5 Å².